The molecule has 1 aliphatic heterocycles. The van der Waals surface area contributed by atoms with Crippen LogP contribution in [0.25, 0.3) is 0 Å². The Labute approximate surface area is 104 Å². The van der Waals surface area contributed by atoms with Gasteiger partial charge in [0.25, 0.3) is 5.91 Å². The molecule has 0 saturated carbocycles. The number of nitrogens with one attached hydrogen (secondary N) is 1. The summed E-state index contributed by atoms with van der Waals surface area (Å²) in [5.74, 6) is 1.06. The number of carbonyl (C=O) groups is 1. The van der Waals surface area contributed by atoms with Gasteiger partial charge in [0.2, 0.25) is 0 Å². The lowest BCUT2D eigenvalue weighted by atomic mass is 10.2. The molecule has 2 rings (SSSR count). The molecular formula is C11H13ClN2OS. The summed E-state index contributed by atoms with van der Waals surface area (Å²) in [6.45, 7) is 0.720. The van der Waals surface area contributed by atoms with Crippen molar-refractivity contribution in [2.75, 3.05) is 12.3 Å². The zero-order valence-corrected chi connectivity index (χ0v) is 10.4. The Kier molecular flexibility index (Phi) is 4.07. The molecule has 1 amide bonds. The van der Waals surface area contributed by atoms with Crippen molar-refractivity contribution in [1.82, 2.24) is 10.3 Å². The van der Waals surface area contributed by atoms with Crippen molar-refractivity contribution in [3.8, 4) is 0 Å². The third kappa shape index (κ3) is 3.12. The van der Waals surface area contributed by atoms with Crippen LogP contribution in [0.2, 0.25) is 5.02 Å². The summed E-state index contributed by atoms with van der Waals surface area (Å²) in [6, 6.07) is 3.24. The monoisotopic (exact) mass is 256 g/mol. The summed E-state index contributed by atoms with van der Waals surface area (Å²) >= 11 is 7.71. The van der Waals surface area contributed by atoms with E-state index in [4.69, 9.17) is 11.6 Å². The lowest BCUT2D eigenvalue weighted by molar-refractivity contribution is 0.0948. The lowest BCUT2D eigenvalue weighted by Crippen LogP contribution is -2.30. The Balaban J connectivity index is 1.87. The van der Waals surface area contributed by atoms with Crippen LogP contribution in [-0.2, 0) is 0 Å². The van der Waals surface area contributed by atoms with Crippen LogP contribution in [0.5, 0.6) is 0 Å². The van der Waals surface area contributed by atoms with E-state index in [1.807, 2.05) is 11.8 Å². The summed E-state index contributed by atoms with van der Waals surface area (Å²) < 4.78 is 0. The summed E-state index contributed by atoms with van der Waals surface area (Å²) in [5.41, 5.74) is 0.385. The van der Waals surface area contributed by atoms with E-state index < -0.39 is 0 Å². The molecule has 0 spiro atoms. The molecule has 0 aromatic carbocycles. The second kappa shape index (κ2) is 5.55. The van der Waals surface area contributed by atoms with Crippen LogP contribution in [-0.4, -0.2) is 28.4 Å². The van der Waals surface area contributed by atoms with Crippen LogP contribution in [0.1, 0.15) is 23.3 Å². The molecule has 0 bridgehead atoms. The van der Waals surface area contributed by atoms with Crippen molar-refractivity contribution in [3.63, 3.8) is 0 Å². The van der Waals surface area contributed by atoms with Crippen LogP contribution in [0.3, 0.4) is 0 Å². The average Bonchev–Trinajstić information content (AvgIpc) is 2.78. The number of hydrogen-bond donors (Lipinski definition) is 1. The molecule has 1 N–H and O–H groups in total. The van der Waals surface area contributed by atoms with Crippen molar-refractivity contribution in [2.24, 2.45) is 0 Å². The molecule has 1 aliphatic rings. The first-order valence-electron chi connectivity index (χ1n) is 5.27. The van der Waals surface area contributed by atoms with Crippen molar-refractivity contribution >= 4 is 29.3 Å². The number of halogens is 1. The van der Waals surface area contributed by atoms with Gasteiger partial charge in [-0.3, -0.25) is 9.78 Å². The third-order valence-corrected chi connectivity index (χ3v) is 4.10. The molecule has 86 valence electrons. The van der Waals surface area contributed by atoms with Gasteiger partial charge in [-0.15, -0.1) is 0 Å². The average molecular weight is 257 g/mol. The van der Waals surface area contributed by atoms with Crippen LogP contribution in [0.4, 0.5) is 0 Å². The summed E-state index contributed by atoms with van der Waals surface area (Å²) in [4.78, 5) is 15.7. The van der Waals surface area contributed by atoms with Gasteiger partial charge in [-0.25, -0.2) is 0 Å². The predicted octanol–water partition coefficient (Wildman–Crippen LogP) is 2.36. The number of hydrogen-bond acceptors (Lipinski definition) is 3. The van der Waals surface area contributed by atoms with Gasteiger partial charge in [-0.05, 0) is 30.7 Å². The number of thioether (sulfide) groups is 1. The highest BCUT2D eigenvalue weighted by atomic mass is 35.5. The van der Waals surface area contributed by atoms with Crippen LogP contribution < -0.4 is 5.32 Å². The van der Waals surface area contributed by atoms with Gasteiger partial charge < -0.3 is 5.32 Å². The van der Waals surface area contributed by atoms with Gasteiger partial charge in [-0.2, -0.15) is 11.8 Å². The smallest absolute Gasteiger partial charge is 0.269 e. The van der Waals surface area contributed by atoms with Crippen molar-refractivity contribution in [2.45, 2.75) is 18.1 Å². The van der Waals surface area contributed by atoms with E-state index in [-0.39, 0.29) is 5.91 Å². The molecule has 1 unspecified atom stereocenters. The van der Waals surface area contributed by atoms with Crippen LogP contribution in [0.15, 0.2) is 18.3 Å². The normalized spacial score (nSPS) is 19.7. The molecule has 2 heterocycles. The van der Waals surface area contributed by atoms with Gasteiger partial charge in [0, 0.05) is 23.0 Å². The minimum absolute atomic E-state index is 0.144. The molecule has 5 heteroatoms. The second-order valence-electron chi connectivity index (χ2n) is 3.70. The summed E-state index contributed by atoms with van der Waals surface area (Å²) in [6.07, 6.45) is 3.98. The summed E-state index contributed by atoms with van der Waals surface area (Å²) in [5, 5.41) is 3.98. The van der Waals surface area contributed by atoms with Crippen molar-refractivity contribution < 1.29 is 4.79 Å². The number of pyridine rings is 1. The van der Waals surface area contributed by atoms with Crippen molar-refractivity contribution in [1.29, 1.82) is 0 Å². The maximum atomic E-state index is 11.7. The molecule has 16 heavy (non-hydrogen) atoms. The Morgan fingerprint density at radius 3 is 3.25 bits per heavy atom. The molecule has 1 aromatic rings. The third-order valence-electron chi connectivity index (χ3n) is 2.47. The number of nitrogens with zero attached hydrogens (tertiary/aromatic N) is 1. The van der Waals surface area contributed by atoms with Crippen molar-refractivity contribution in [3.05, 3.63) is 29.0 Å². The molecular weight excluding hydrogens is 244 g/mol. The quantitative estimate of drug-likeness (QED) is 0.903. The highest BCUT2D eigenvalue weighted by molar-refractivity contribution is 8.00. The second-order valence-corrected chi connectivity index (χ2v) is 5.55. The predicted molar refractivity (Wildman–Crippen MR) is 67.1 cm³/mol. The van der Waals surface area contributed by atoms with Gasteiger partial charge in [0.15, 0.2) is 0 Å². The van der Waals surface area contributed by atoms with Crippen LogP contribution in [0, 0.1) is 0 Å². The largest absolute Gasteiger partial charge is 0.350 e. The molecule has 1 atom stereocenters. The van der Waals surface area contributed by atoms with E-state index >= 15 is 0 Å². The minimum atomic E-state index is -0.144. The summed E-state index contributed by atoms with van der Waals surface area (Å²) in [7, 11) is 0. The molecule has 0 radical (unpaired) electrons. The fourth-order valence-corrected chi connectivity index (χ4v) is 2.99. The maximum absolute atomic E-state index is 11.7. The first kappa shape index (κ1) is 11.7. The Morgan fingerprint density at radius 1 is 1.69 bits per heavy atom. The number of amides is 1. The van der Waals surface area contributed by atoms with E-state index in [1.54, 1.807) is 18.3 Å². The van der Waals surface area contributed by atoms with Crippen LogP contribution >= 0.6 is 23.4 Å². The molecule has 3 nitrogen and oxygen atoms in total. The van der Waals surface area contributed by atoms with Gasteiger partial charge >= 0.3 is 0 Å². The molecule has 1 aromatic heterocycles. The zero-order valence-electron chi connectivity index (χ0n) is 8.78. The lowest BCUT2D eigenvalue weighted by Gasteiger charge is -2.09. The van der Waals surface area contributed by atoms with E-state index in [1.165, 1.54) is 18.6 Å². The SMILES string of the molecule is O=C(NCC1CCCS1)c1cc(Cl)ccn1. The topological polar surface area (TPSA) is 42.0 Å². The Bertz CT molecular complexity index is 380. The number of aromatic nitrogens is 1. The molecule has 1 fully saturated rings. The standard InChI is InChI=1S/C11H13ClN2OS/c12-8-3-4-13-10(6-8)11(15)14-7-9-2-1-5-16-9/h3-4,6,9H,1-2,5,7H2,(H,14,15). The molecule has 0 aliphatic carbocycles. The fourth-order valence-electron chi connectivity index (χ4n) is 1.63. The zero-order chi connectivity index (χ0) is 11.4. The fraction of sp³-hybridized carbons (Fsp3) is 0.455. The molecule has 1 saturated heterocycles. The van der Waals surface area contributed by atoms with Gasteiger partial charge in [0.1, 0.15) is 5.69 Å². The van der Waals surface area contributed by atoms with E-state index in [0.29, 0.717) is 16.0 Å². The Hall–Kier alpha value is -0.740. The van der Waals surface area contributed by atoms with E-state index in [0.717, 1.165) is 6.54 Å². The van der Waals surface area contributed by atoms with Gasteiger partial charge in [-0.1, -0.05) is 11.6 Å². The first-order valence-corrected chi connectivity index (χ1v) is 6.70. The number of rotatable bonds is 3. The number of carbonyl (C=O) groups excluding carboxylic acids is 1. The Morgan fingerprint density at radius 2 is 2.56 bits per heavy atom. The minimum Gasteiger partial charge on any atom is -0.350 e. The maximum Gasteiger partial charge on any atom is 0.269 e. The highest BCUT2D eigenvalue weighted by Crippen LogP contribution is 2.25. The van der Waals surface area contributed by atoms with E-state index in [2.05, 4.69) is 10.3 Å². The van der Waals surface area contributed by atoms with E-state index in [9.17, 15) is 4.79 Å². The first-order chi connectivity index (χ1) is 7.75. The van der Waals surface area contributed by atoms with Gasteiger partial charge in [0.05, 0.1) is 0 Å². The highest BCUT2D eigenvalue weighted by Gasteiger charge is 2.17.